The van der Waals surface area contributed by atoms with Crippen molar-refractivity contribution in [1.29, 1.82) is 0 Å². The number of benzene rings is 1. The highest BCUT2D eigenvalue weighted by molar-refractivity contribution is 6.33. The number of nitrogens with zero attached hydrogens (tertiary/aromatic N) is 3. The molecule has 29 heavy (non-hydrogen) atoms. The van der Waals surface area contributed by atoms with Crippen LogP contribution >= 0.6 is 11.6 Å². The van der Waals surface area contributed by atoms with E-state index in [1.807, 2.05) is 24.3 Å². The number of aromatic nitrogens is 2. The molecular formula is C22H19ClN4O2. The summed E-state index contributed by atoms with van der Waals surface area (Å²) in [4.78, 5) is 35.5. The monoisotopic (exact) mass is 406 g/mol. The SMILES string of the molecule is Cc1ccc(C(=O)Nc2ccc3c(c2)C(=O)N(CCc2ccccn2)C3)c(Cl)n1. The van der Waals surface area contributed by atoms with Crippen LogP contribution in [-0.4, -0.2) is 33.2 Å². The zero-order valence-electron chi connectivity index (χ0n) is 15.9. The van der Waals surface area contributed by atoms with Crippen LogP contribution in [0.25, 0.3) is 0 Å². The Morgan fingerprint density at radius 1 is 1.21 bits per heavy atom. The molecule has 6 nitrogen and oxygen atoms in total. The van der Waals surface area contributed by atoms with E-state index in [9.17, 15) is 9.59 Å². The van der Waals surface area contributed by atoms with Gasteiger partial charge in [0.2, 0.25) is 0 Å². The van der Waals surface area contributed by atoms with Gasteiger partial charge in [0.05, 0.1) is 5.56 Å². The third-order valence-electron chi connectivity index (χ3n) is 4.84. The van der Waals surface area contributed by atoms with Crippen molar-refractivity contribution in [2.24, 2.45) is 0 Å². The zero-order chi connectivity index (χ0) is 20.4. The molecule has 0 saturated carbocycles. The van der Waals surface area contributed by atoms with Crippen LogP contribution in [0.4, 0.5) is 5.69 Å². The van der Waals surface area contributed by atoms with Crippen LogP contribution < -0.4 is 5.32 Å². The first-order valence-electron chi connectivity index (χ1n) is 9.28. The van der Waals surface area contributed by atoms with Crippen molar-refractivity contribution in [2.45, 2.75) is 19.9 Å². The van der Waals surface area contributed by atoms with Crippen molar-refractivity contribution in [3.63, 3.8) is 0 Å². The normalized spacial score (nSPS) is 12.8. The van der Waals surface area contributed by atoms with Gasteiger partial charge in [0.15, 0.2) is 0 Å². The van der Waals surface area contributed by atoms with Gasteiger partial charge in [-0.2, -0.15) is 0 Å². The fourth-order valence-corrected chi connectivity index (χ4v) is 3.59. The third-order valence-corrected chi connectivity index (χ3v) is 5.13. The molecule has 2 aromatic heterocycles. The number of hydrogen-bond acceptors (Lipinski definition) is 4. The Kier molecular flexibility index (Phi) is 5.27. The minimum Gasteiger partial charge on any atom is -0.334 e. The van der Waals surface area contributed by atoms with Crippen LogP contribution in [0.2, 0.25) is 5.15 Å². The smallest absolute Gasteiger partial charge is 0.258 e. The Morgan fingerprint density at radius 2 is 2.07 bits per heavy atom. The molecule has 1 aliphatic rings. The Balaban J connectivity index is 1.45. The van der Waals surface area contributed by atoms with Crippen molar-refractivity contribution in [1.82, 2.24) is 14.9 Å². The van der Waals surface area contributed by atoms with E-state index in [0.717, 1.165) is 17.0 Å². The highest BCUT2D eigenvalue weighted by Gasteiger charge is 2.27. The van der Waals surface area contributed by atoms with E-state index in [1.165, 1.54) is 0 Å². The number of hydrogen-bond donors (Lipinski definition) is 1. The van der Waals surface area contributed by atoms with Crippen LogP contribution in [0.15, 0.2) is 54.7 Å². The van der Waals surface area contributed by atoms with Gasteiger partial charge >= 0.3 is 0 Å². The number of pyridine rings is 2. The summed E-state index contributed by atoms with van der Waals surface area (Å²) >= 11 is 6.07. The summed E-state index contributed by atoms with van der Waals surface area (Å²) < 4.78 is 0. The molecular weight excluding hydrogens is 388 g/mol. The lowest BCUT2D eigenvalue weighted by atomic mass is 10.1. The molecule has 0 spiro atoms. The Morgan fingerprint density at radius 3 is 2.83 bits per heavy atom. The fraction of sp³-hybridized carbons (Fsp3) is 0.182. The summed E-state index contributed by atoms with van der Waals surface area (Å²) in [6.07, 6.45) is 2.45. The molecule has 3 heterocycles. The molecule has 0 aliphatic carbocycles. The molecule has 0 fully saturated rings. The lowest BCUT2D eigenvalue weighted by Crippen LogP contribution is -2.26. The first-order valence-corrected chi connectivity index (χ1v) is 9.65. The van der Waals surface area contributed by atoms with Gasteiger partial charge in [-0.25, -0.2) is 4.98 Å². The summed E-state index contributed by atoms with van der Waals surface area (Å²) in [5, 5.41) is 2.95. The largest absolute Gasteiger partial charge is 0.334 e. The first kappa shape index (κ1) is 19.1. The minimum atomic E-state index is -0.361. The van der Waals surface area contributed by atoms with Crippen molar-refractivity contribution in [3.05, 3.63) is 88.0 Å². The highest BCUT2D eigenvalue weighted by atomic mass is 35.5. The molecule has 0 radical (unpaired) electrons. The van der Waals surface area contributed by atoms with Gasteiger partial charge in [0.1, 0.15) is 5.15 Å². The maximum atomic E-state index is 12.8. The highest BCUT2D eigenvalue weighted by Crippen LogP contribution is 2.26. The van der Waals surface area contributed by atoms with Gasteiger partial charge in [-0.1, -0.05) is 23.7 Å². The van der Waals surface area contributed by atoms with Gasteiger partial charge in [-0.3, -0.25) is 14.6 Å². The summed E-state index contributed by atoms with van der Waals surface area (Å²) in [5.41, 5.74) is 4.08. The lowest BCUT2D eigenvalue weighted by molar-refractivity contribution is 0.0779. The predicted molar refractivity (Wildman–Crippen MR) is 111 cm³/mol. The maximum absolute atomic E-state index is 12.8. The molecule has 3 aromatic rings. The molecule has 0 bridgehead atoms. The molecule has 1 aliphatic heterocycles. The Bertz CT molecular complexity index is 1090. The lowest BCUT2D eigenvalue weighted by Gasteiger charge is -2.14. The van der Waals surface area contributed by atoms with Gasteiger partial charge in [-0.15, -0.1) is 0 Å². The summed E-state index contributed by atoms with van der Waals surface area (Å²) in [5.74, 6) is -0.401. The van der Waals surface area contributed by atoms with E-state index >= 15 is 0 Å². The van der Waals surface area contributed by atoms with Gasteiger partial charge < -0.3 is 10.2 Å². The van der Waals surface area contributed by atoms with E-state index in [1.54, 1.807) is 42.3 Å². The van der Waals surface area contributed by atoms with Crippen molar-refractivity contribution >= 4 is 29.1 Å². The Labute approximate surface area is 173 Å². The average molecular weight is 407 g/mol. The number of amides is 2. The quantitative estimate of drug-likeness (QED) is 0.652. The number of aryl methyl sites for hydroxylation is 1. The van der Waals surface area contributed by atoms with Crippen molar-refractivity contribution in [2.75, 3.05) is 11.9 Å². The van der Waals surface area contributed by atoms with Crippen LogP contribution in [0.3, 0.4) is 0 Å². The molecule has 1 aromatic carbocycles. The average Bonchev–Trinajstić information content (AvgIpc) is 3.02. The molecule has 1 N–H and O–H groups in total. The summed E-state index contributed by atoms with van der Waals surface area (Å²) in [6.45, 7) is 2.96. The maximum Gasteiger partial charge on any atom is 0.258 e. The van der Waals surface area contributed by atoms with Crippen LogP contribution in [0, 0.1) is 6.92 Å². The van der Waals surface area contributed by atoms with Gasteiger partial charge in [0, 0.05) is 48.3 Å². The van der Waals surface area contributed by atoms with E-state index < -0.39 is 0 Å². The number of rotatable bonds is 5. The second-order valence-electron chi connectivity index (χ2n) is 6.91. The molecule has 146 valence electrons. The van der Waals surface area contributed by atoms with Crippen molar-refractivity contribution in [3.8, 4) is 0 Å². The third kappa shape index (κ3) is 4.12. The van der Waals surface area contributed by atoms with Crippen LogP contribution in [0.5, 0.6) is 0 Å². The Hall–Kier alpha value is -3.25. The molecule has 0 unspecified atom stereocenters. The summed E-state index contributed by atoms with van der Waals surface area (Å²) in [7, 11) is 0. The first-order chi connectivity index (χ1) is 14.0. The van der Waals surface area contributed by atoms with E-state index in [4.69, 9.17) is 11.6 Å². The number of anilines is 1. The number of carbonyl (C=O) groups excluding carboxylic acids is 2. The number of nitrogens with one attached hydrogen (secondary N) is 1. The molecule has 0 atom stereocenters. The predicted octanol–water partition coefficient (Wildman–Crippen LogP) is 3.89. The van der Waals surface area contributed by atoms with Gasteiger partial charge in [0.25, 0.3) is 11.8 Å². The summed E-state index contributed by atoms with van der Waals surface area (Å²) in [6, 6.07) is 14.5. The second kappa shape index (κ2) is 8.01. The van der Waals surface area contributed by atoms with Crippen LogP contribution in [0.1, 0.15) is 37.7 Å². The standard InChI is InChI=1S/C22H19ClN4O2/c1-14-5-8-18(20(23)25-14)21(28)26-17-7-6-15-13-27(22(29)19(15)12-17)11-9-16-4-2-3-10-24-16/h2-8,10,12H,9,11,13H2,1H3,(H,26,28). The second-order valence-corrected chi connectivity index (χ2v) is 7.27. The minimum absolute atomic E-state index is 0.0398. The van der Waals surface area contributed by atoms with E-state index in [-0.39, 0.29) is 17.0 Å². The molecule has 7 heteroatoms. The molecule has 0 saturated heterocycles. The number of fused-ring (bicyclic) bond motifs is 1. The van der Waals surface area contributed by atoms with Crippen molar-refractivity contribution < 1.29 is 9.59 Å². The fourth-order valence-electron chi connectivity index (χ4n) is 3.31. The van der Waals surface area contributed by atoms with Crippen LogP contribution in [-0.2, 0) is 13.0 Å². The molecule has 4 rings (SSSR count). The van der Waals surface area contributed by atoms with E-state index in [0.29, 0.717) is 36.3 Å². The molecule has 2 amide bonds. The van der Waals surface area contributed by atoms with E-state index in [2.05, 4.69) is 15.3 Å². The number of carbonyl (C=O) groups is 2. The zero-order valence-corrected chi connectivity index (χ0v) is 16.6. The van der Waals surface area contributed by atoms with Gasteiger partial charge in [-0.05, 0) is 48.9 Å². The topological polar surface area (TPSA) is 75.2 Å². The number of halogens is 1.